The molecule has 0 saturated heterocycles. The topological polar surface area (TPSA) is 87.8 Å². The minimum atomic E-state index is 0.494. The molecule has 1 aliphatic carbocycles. The SMILES string of the molecule is COc1ccc(Nc2ncc(Br)c(Nc3cc(C4CC4)[nH]n3)n2)cc1. The average Bonchev–Trinajstić information content (AvgIpc) is 3.38. The first kappa shape index (κ1) is 15.9. The number of rotatable bonds is 6. The summed E-state index contributed by atoms with van der Waals surface area (Å²) in [5.74, 6) is 3.32. The van der Waals surface area contributed by atoms with E-state index in [9.17, 15) is 0 Å². The minimum absolute atomic E-state index is 0.494. The molecule has 0 amide bonds. The van der Waals surface area contributed by atoms with Gasteiger partial charge in [-0.15, -0.1) is 0 Å². The van der Waals surface area contributed by atoms with Gasteiger partial charge in [-0.2, -0.15) is 10.1 Å². The Bertz CT molecular complexity index is 875. The Balaban J connectivity index is 1.50. The first-order valence-corrected chi connectivity index (χ1v) is 8.76. The summed E-state index contributed by atoms with van der Waals surface area (Å²) >= 11 is 3.47. The summed E-state index contributed by atoms with van der Waals surface area (Å²) in [4.78, 5) is 8.80. The number of nitrogens with one attached hydrogen (secondary N) is 3. The summed E-state index contributed by atoms with van der Waals surface area (Å²) in [6, 6.07) is 9.61. The molecule has 0 atom stereocenters. The first-order valence-electron chi connectivity index (χ1n) is 7.97. The summed E-state index contributed by atoms with van der Waals surface area (Å²) in [6.07, 6.45) is 4.17. The molecule has 2 heterocycles. The van der Waals surface area contributed by atoms with Crippen molar-refractivity contribution in [2.45, 2.75) is 18.8 Å². The molecule has 1 aromatic carbocycles. The molecule has 1 fully saturated rings. The van der Waals surface area contributed by atoms with Gasteiger partial charge in [0.1, 0.15) is 5.75 Å². The number of halogens is 1. The molecule has 0 aliphatic heterocycles. The third-order valence-corrected chi connectivity index (χ3v) is 4.53. The molecule has 25 heavy (non-hydrogen) atoms. The largest absolute Gasteiger partial charge is 0.497 e. The number of benzene rings is 1. The van der Waals surface area contributed by atoms with Crippen molar-refractivity contribution in [3.8, 4) is 5.75 Å². The third-order valence-electron chi connectivity index (χ3n) is 3.95. The van der Waals surface area contributed by atoms with Crippen LogP contribution in [-0.4, -0.2) is 27.3 Å². The van der Waals surface area contributed by atoms with Gasteiger partial charge >= 0.3 is 0 Å². The van der Waals surface area contributed by atoms with E-state index < -0.39 is 0 Å². The fourth-order valence-electron chi connectivity index (χ4n) is 2.44. The van der Waals surface area contributed by atoms with Crippen LogP contribution in [0.3, 0.4) is 0 Å². The van der Waals surface area contributed by atoms with Crippen LogP contribution >= 0.6 is 15.9 Å². The maximum atomic E-state index is 5.16. The van der Waals surface area contributed by atoms with Crippen molar-refractivity contribution in [1.29, 1.82) is 0 Å². The van der Waals surface area contributed by atoms with Crippen molar-refractivity contribution in [2.24, 2.45) is 0 Å². The van der Waals surface area contributed by atoms with Gasteiger partial charge in [0.15, 0.2) is 11.6 Å². The highest BCUT2D eigenvalue weighted by atomic mass is 79.9. The molecule has 8 heteroatoms. The van der Waals surface area contributed by atoms with E-state index in [4.69, 9.17) is 4.74 Å². The molecule has 4 rings (SSSR count). The van der Waals surface area contributed by atoms with Crippen LogP contribution in [0.4, 0.5) is 23.3 Å². The Morgan fingerprint density at radius 3 is 2.72 bits per heavy atom. The predicted molar refractivity (Wildman–Crippen MR) is 99.9 cm³/mol. The maximum Gasteiger partial charge on any atom is 0.229 e. The summed E-state index contributed by atoms with van der Waals surface area (Å²) in [5, 5.41) is 13.8. The van der Waals surface area contributed by atoms with Crippen LogP contribution in [0.5, 0.6) is 5.75 Å². The van der Waals surface area contributed by atoms with E-state index >= 15 is 0 Å². The van der Waals surface area contributed by atoms with E-state index in [0.29, 0.717) is 17.7 Å². The lowest BCUT2D eigenvalue weighted by Gasteiger charge is -2.09. The number of aromatic amines is 1. The van der Waals surface area contributed by atoms with E-state index in [0.717, 1.165) is 21.7 Å². The van der Waals surface area contributed by atoms with Crippen LogP contribution in [0.1, 0.15) is 24.5 Å². The van der Waals surface area contributed by atoms with E-state index in [1.165, 1.54) is 18.5 Å². The number of hydrogen-bond donors (Lipinski definition) is 3. The molecule has 2 aromatic heterocycles. The molecule has 0 spiro atoms. The van der Waals surface area contributed by atoms with E-state index in [1.807, 2.05) is 30.3 Å². The highest BCUT2D eigenvalue weighted by Crippen LogP contribution is 2.39. The van der Waals surface area contributed by atoms with E-state index in [1.54, 1.807) is 13.3 Å². The van der Waals surface area contributed by atoms with Gasteiger partial charge in [0, 0.05) is 29.6 Å². The maximum absolute atomic E-state index is 5.16. The summed E-state index contributed by atoms with van der Waals surface area (Å²) < 4.78 is 5.93. The van der Waals surface area contributed by atoms with Gasteiger partial charge in [-0.25, -0.2) is 4.98 Å². The molecule has 128 valence electrons. The normalized spacial score (nSPS) is 13.5. The van der Waals surface area contributed by atoms with Gasteiger partial charge in [0.25, 0.3) is 0 Å². The molecule has 3 aromatic rings. The van der Waals surface area contributed by atoms with Crippen molar-refractivity contribution in [1.82, 2.24) is 20.2 Å². The molecule has 0 bridgehead atoms. The Morgan fingerprint density at radius 1 is 1.20 bits per heavy atom. The zero-order chi connectivity index (χ0) is 17.2. The average molecular weight is 401 g/mol. The van der Waals surface area contributed by atoms with Crippen molar-refractivity contribution in [3.63, 3.8) is 0 Å². The number of anilines is 4. The van der Waals surface area contributed by atoms with Crippen LogP contribution in [0.15, 0.2) is 41.0 Å². The highest BCUT2D eigenvalue weighted by Gasteiger charge is 2.25. The predicted octanol–water partition coefficient (Wildman–Crippen LogP) is 4.34. The standard InChI is InChI=1S/C17H17BrN6O/c1-25-12-6-4-11(5-7-12)20-17-19-9-13(18)16(22-17)21-15-8-14(23-24-15)10-2-3-10/h4-10H,2-3H2,1H3,(H3,19,20,21,22,23,24). The monoisotopic (exact) mass is 400 g/mol. The van der Waals surface area contributed by atoms with Crippen molar-refractivity contribution >= 4 is 39.2 Å². The fraction of sp³-hybridized carbons (Fsp3) is 0.235. The van der Waals surface area contributed by atoms with Crippen molar-refractivity contribution in [3.05, 3.63) is 46.7 Å². The molecule has 0 radical (unpaired) electrons. The molecular formula is C17H17BrN6O. The van der Waals surface area contributed by atoms with Crippen LogP contribution in [0, 0.1) is 0 Å². The van der Waals surface area contributed by atoms with Gasteiger partial charge in [0.05, 0.1) is 11.6 Å². The molecule has 1 saturated carbocycles. The van der Waals surface area contributed by atoms with Gasteiger partial charge in [0.2, 0.25) is 5.95 Å². The van der Waals surface area contributed by atoms with Gasteiger partial charge in [-0.1, -0.05) is 0 Å². The second kappa shape index (κ2) is 6.72. The van der Waals surface area contributed by atoms with Crippen LogP contribution in [0.2, 0.25) is 0 Å². The smallest absolute Gasteiger partial charge is 0.229 e. The second-order valence-corrected chi connectivity index (χ2v) is 6.71. The Kier molecular flexibility index (Phi) is 4.27. The van der Waals surface area contributed by atoms with Crippen LogP contribution in [0.25, 0.3) is 0 Å². The van der Waals surface area contributed by atoms with E-state index in [-0.39, 0.29) is 0 Å². The lowest BCUT2D eigenvalue weighted by molar-refractivity contribution is 0.415. The number of methoxy groups -OCH3 is 1. The van der Waals surface area contributed by atoms with Gasteiger partial charge in [-0.3, -0.25) is 5.10 Å². The van der Waals surface area contributed by atoms with Crippen LogP contribution in [-0.2, 0) is 0 Å². The number of ether oxygens (including phenoxy) is 1. The van der Waals surface area contributed by atoms with Crippen LogP contribution < -0.4 is 15.4 Å². The lowest BCUT2D eigenvalue weighted by atomic mass is 10.3. The molecule has 3 N–H and O–H groups in total. The summed E-state index contributed by atoms with van der Waals surface area (Å²) in [7, 11) is 1.64. The lowest BCUT2D eigenvalue weighted by Crippen LogP contribution is -2.01. The fourth-order valence-corrected chi connectivity index (χ4v) is 2.73. The minimum Gasteiger partial charge on any atom is -0.497 e. The highest BCUT2D eigenvalue weighted by molar-refractivity contribution is 9.10. The number of aromatic nitrogens is 4. The summed E-state index contributed by atoms with van der Waals surface area (Å²) in [6.45, 7) is 0. The van der Waals surface area contributed by atoms with E-state index in [2.05, 4.69) is 46.7 Å². The molecule has 0 unspecified atom stereocenters. The number of hydrogen-bond acceptors (Lipinski definition) is 6. The van der Waals surface area contributed by atoms with Crippen molar-refractivity contribution < 1.29 is 4.74 Å². The van der Waals surface area contributed by atoms with Gasteiger partial charge in [-0.05, 0) is 53.0 Å². The molecule has 7 nitrogen and oxygen atoms in total. The van der Waals surface area contributed by atoms with Crippen molar-refractivity contribution in [2.75, 3.05) is 17.7 Å². The zero-order valence-corrected chi connectivity index (χ0v) is 15.2. The second-order valence-electron chi connectivity index (χ2n) is 5.85. The summed E-state index contributed by atoms with van der Waals surface area (Å²) in [5.41, 5.74) is 2.05. The first-order chi connectivity index (χ1) is 12.2. The number of nitrogens with zero attached hydrogens (tertiary/aromatic N) is 3. The Hall–Kier alpha value is -2.61. The third kappa shape index (κ3) is 3.74. The Morgan fingerprint density at radius 2 is 2.00 bits per heavy atom. The molecular weight excluding hydrogens is 384 g/mol. The zero-order valence-electron chi connectivity index (χ0n) is 13.6. The molecule has 1 aliphatic rings. The number of H-pyrrole nitrogens is 1. The quantitative estimate of drug-likeness (QED) is 0.570. The Labute approximate surface area is 153 Å². The van der Waals surface area contributed by atoms with Gasteiger partial charge < -0.3 is 15.4 Å².